The van der Waals surface area contributed by atoms with Crippen molar-refractivity contribution in [2.24, 2.45) is 11.8 Å². The first-order valence-corrected chi connectivity index (χ1v) is 12.1. The normalized spacial score (nSPS) is 19.5. The molecule has 0 saturated carbocycles. The van der Waals surface area contributed by atoms with E-state index in [9.17, 15) is 14.7 Å². The Morgan fingerprint density at radius 2 is 1.77 bits per heavy atom. The lowest BCUT2D eigenvalue weighted by atomic mass is 9.97. The SMILES string of the molecule is CC(C)C(=O)N1CCCCCCCNCc2cc(C(=O)N3CCC(CO)CC3)ccc21. The maximum atomic E-state index is 13.1. The highest BCUT2D eigenvalue weighted by molar-refractivity contribution is 5.98. The third kappa shape index (κ3) is 6.30. The summed E-state index contributed by atoms with van der Waals surface area (Å²) in [6, 6.07) is 5.83. The van der Waals surface area contributed by atoms with E-state index in [0.29, 0.717) is 31.1 Å². The number of carbonyl (C=O) groups is 2. The molecular formula is C25H39N3O3. The van der Waals surface area contributed by atoms with E-state index < -0.39 is 0 Å². The molecule has 2 heterocycles. The fraction of sp³-hybridized carbons (Fsp3) is 0.680. The van der Waals surface area contributed by atoms with Gasteiger partial charge in [-0.3, -0.25) is 9.59 Å². The van der Waals surface area contributed by atoms with E-state index in [1.54, 1.807) is 0 Å². The van der Waals surface area contributed by atoms with Crippen LogP contribution < -0.4 is 10.2 Å². The van der Waals surface area contributed by atoms with Gasteiger partial charge < -0.3 is 20.2 Å². The van der Waals surface area contributed by atoms with E-state index in [2.05, 4.69) is 5.32 Å². The number of aliphatic hydroxyl groups is 1. The van der Waals surface area contributed by atoms with Crippen molar-refractivity contribution in [2.45, 2.75) is 65.3 Å². The zero-order chi connectivity index (χ0) is 22.2. The number of likely N-dealkylation sites (tertiary alicyclic amines) is 1. The monoisotopic (exact) mass is 429 g/mol. The maximum absolute atomic E-state index is 13.1. The molecule has 0 unspecified atom stereocenters. The van der Waals surface area contributed by atoms with Crippen LogP contribution >= 0.6 is 0 Å². The van der Waals surface area contributed by atoms with Gasteiger partial charge >= 0.3 is 0 Å². The molecular weight excluding hydrogens is 390 g/mol. The van der Waals surface area contributed by atoms with Crippen LogP contribution in [-0.2, 0) is 11.3 Å². The summed E-state index contributed by atoms with van der Waals surface area (Å²) in [5, 5.41) is 12.9. The number of amides is 2. The van der Waals surface area contributed by atoms with Gasteiger partial charge in [0.2, 0.25) is 5.91 Å². The van der Waals surface area contributed by atoms with Gasteiger partial charge in [-0.25, -0.2) is 0 Å². The number of carbonyl (C=O) groups excluding carboxylic acids is 2. The van der Waals surface area contributed by atoms with Crippen LogP contribution in [0.3, 0.4) is 0 Å². The number of nitrogens with zero attached hydrogens (tertiary/aromatic N) is 2. The number of hydrogen-bond donors (Lipinski definition) is 2. The van der Waals surface area contributed by atoms with Crippen molar-refractivity contribution < 1.29 is 14.7 Å². The second-order valence-electron chi connectivity index (χ2n) is 9.35. The minimum absolute atomic E-state index is 0.0482. The van der Waals surface area contributed by atoms with Crippen LogP contribution in [0.1, 0.15) is 74.7 Å². The number of benzene rings is 1. The van der Waals surface area contributed by atoms with E-state index >= 15 is 0 Å². The Hall–Kier alpha value is -1.92. The number of nitrogens with one attached hydrogen (secondary N) is 1. The molecule has 6 nitrogen and oxygen atoms in total. The predicted octanol–water partition coefficient (Wildman–Crippen LogP) is 3.57. The van der Waals surface area contributed by atoms with Gasteiger partial charge in [-0.15, -0.1) is 0 Å². The van der Waals surface area contributed by atoms with E-state index in [4.69, 9.17) is 0 Å². The Morgan fingerprint density at radius 3 is 2.48 bits per heavy atom. The van der Waals surface area contributed by atoms with E-state index in [1.807, 2.05) is 41.8 Å². The summed E-state index contributed by atoms with van der Waals surface area (Å²) in [6.45, 7) is 7.82. The van der Waals surface area contributed by atoms with Crippen LogP contribution in [0.4, 0.5) is 5.69 Å². The molecule has 1 fully saturated rings. The first kappa shape index (κ1) is 23.7. The quantitative estimate of drug-likeness (QED) is 0.770. The standard InChI is InChI=1S/C25H39N3O3/c1-19(2)24(30)28-13-7-5-3-4-6-12-26-17-22-16-21(8-9-23(22)28)25(31)27-14-10-20(18-29)11-15-27/h8-9,16,19-20,26,29H,3-7,10-15,17-18H2,1-2H3. The zero-order valence-electron chi connectivity index (χ0n) is 19.2. The van der Waals surface area contributed by atoms with Gasteiger partial charge in [0.15, 0.2) is 0 Å². The Balaban J connectivity index is 1.86. The third-order valence-electron chi connectivity index (χ3n) is 6.59. The number of aliphatic hydroxyl groups excluding tert-OH is 1. The molecule has 1 aromatic rings. The minimum atomic E-state index is -0.0668. The fourth-order valence-corrected chi connectivity index (χ4v) is 4.56. The first-order valence-electron chi connectivity index (χ1n) is 12.1. The van der Waals surface area contributed by atoms with Crippen molar-refractivity contribution in [3.63, 3.8) is 0 Å². The van der Waals surface area contributed by atoms with Gasteiger partial charge in [-0.2, -0.15) is 0 Å². The Bertz CT molecular complexity index is 742. The highest BCUT2D eigenvalue weighted by Crippen LogP contribution is 2.27. The average Bonchev–Trinajstić information content (AvgIpc) is 2.78. The van der Waals surface area contributed by atoms with Crippen molar-refractivity contribution >= 4 is 17.5 Å². The molecule has 0 aliphatic carbocycles. The molecule has 0 atom stereocenters. The molecule has 0 spiro atoms. The molecule has 3 rings (SSSR count). The van der Waals surface area contributed by atoms with Crippen molar-refractivity contribution in [2.75, 3.05) is 37.7 Å². The maximum Gasteiger partial charge on any atom is 0.253 e. The topological polar surface area (TPSA) is 72.9 Å². The molecule has 1 saturated heterocycles. The van der Waals surface area contributed by atoms with Crippen molar-refractivity contribution in [1.29, 1.82) is 0 Å². The van der Waals surface area contributed by atoms with Crippen LogP contribution in [0.15, 0.2) is 18.2 Å². The number of rotatable bonds is 3. The van der Waals surface area contributed by atoms with E-state index in [0.717, 1.165) is 56.4 Å². The van der Waals surface area contributed by atoms with E-state index in [1.165, 1.54) is 12.8 Å². The van der Waals surface area contributed by atoms with Gasteiger partial charge in [-0.05, 0) is 61.9 Å². The summed E-state index contributed by atoms with van der Waals surface area (Å²) in [5.74, 6) is 0.429. The summed E-state index contributed by atoms with van der Waals surface area (Å²) in [4.78, 5) is 30.0. The lowest BCUT2D eigenvalue weighted by Crippen LogP contribution is -2.39. The van der Waals surface area contributed by atoms with Gasteiger partial charge in [0.25, 0.3) is 5.91 Å². The van der Waals surface area contributed by atoms with Crippen LogP contribution in [0.2, 0.25) is 0 Å². The lowest BCUT2D eigenvalue weighted by molar-refractivity contribution is -0.121. The Morgan fingerprint density at radius 1 is 1.06 bits per heavy atom. The second kappa shape index (κ2) is 11.6. The van der Waals surface area contributed by atoms with E-state index in [-0.39, 0.29) is 24.3 Å². The van der Waals surface area contributed by atoms with Crippen LogP contribution in [-0.4, -0.2) is 54.6 Å². The first-order chi connectivity index (χ1) is 15.0. The largest absolute Gasteiger partial charge is 0.396 e. The average molecular weight is 430 g/mol. The lowest BCUT2D eigenvalue weighted by Gasteiger charge is -2.32. The zero-order valence-corrected chi connectivity index (χ0v) is 19.2. The van der Waals surface area contributed by atoms with Crippen LogP contribution in [0, 0.1) is 11.8 Å². The summed E-state index contributed by atoms with van der Waals surface area (Å²) < 4.78 is 0. The molecule has 2 amide bonds. The number of hydrogen-bond acceptors (Lipinski definition) is 4. The smallest absolute Gasteiger partial charge is 0.253 e. The summed E-state index contributed by atoms with van der Waals surface area (Å²) in [6.07, 6.45) is 7.42. The van der Waals surface area contributed by atoms with Gasteiger partial charge in [-0.1, -0.05) is 33.1 Å². The fourth-order valence-electron chi connectivity index (χ4n) is 4.56. The number of fused-ring (bicyclic) bond motifs is 1. The molecule has 2 aliphatic heterocycles. The summed E-state index contributed by atoms with van der Waals surface area (Å²) >= 11 is 0. The third-order valence-corrected chi connectivity index (χ3v) is 6.59. The highest BCUT2D eigenvalue weighted by Gasteiger charge is 2.26. The number of anilines is 1. The molecule has 6 heteroatoms. The molecule has 2 aliphatic rings. The molecule has 0 radical (unpaired) electrons. The molecule has 31 heavy (non-hydrogen) atoms. The molecule has 172 valence electrons. The van der Waals surface area contributed by atoms with Crippen molar-refractivity contribution in [3.05, 3.63) is 29.3 Å². The van der Waals surface area contributed by atoms with Gasteiger partial charge in [0, 0.05) is 50.0 Å². The molecule has 0 bridgehead atoms. The van der Waals surface area contributed by atoms with Gasteiger partial charge in [0.05, 0.1) is 0 Å². The van der Waals surface area contributed by atoms with Gasteiger partial charge in [0.1, 0.15) is 0 Å². The summed E-state index contributed by atoms with van der Waals surface area (Å²) in [7, 11) is 0. The number of piperidine rings is 1. The highest BCUT2D eigenvalue weighted by atomic mass is 16.3. The minimum Gasteiger partial charge on any atom is -0.396 e. The van der Waals surface area contributed by atoms with Crippen molar-refractivity contribution in [3.8, 4) is 0 Å². The molecule has 2 N–H and O–H groups in total. The predicted molar refractivity (Wildman–Crippen MR) is 124 cm³/mol. The van der Waals surface area contributed by atoms with Crippen LogP contribution in [0.25, 0.3) is 0 Å². The van der Waals surface area contributed by atoms with Crippen molar-refractivity contribution in [1.82, 2.24) is 10.2 Å². The summed E-state index contributed by atoms with van der Waals surface area (Å²) in [5.41, 5.74) is 2.64. The second-order valence-corrected chi connectivity index (χ2v) is 9.35. The molecule has 1 aromatic carbocycles. The molecule has 0 aromatic heterocycles. The van der Waals surface area contributed by atoms with Crippen LogP contribution in [0.5, 0.6) is 0 Å². The Labute approximate surface area is 187 Å². The Kier molecular flexibility index (Phi) is 8.90.